The Labute approximate surface area is 186 Å². The lowest BCUT2D eigenvalue weighted by molar-refractivity contribution is -0.137. The Kier molecular flexibility index (Phi) is 4.43. The van der Waals surface area contributed by atoms with E-state index in [9.17, 15) is 9.59 Å². The van der Waals surface area contributed by atoms with Crippen LogP contribution in [0.4, 0.5) is 0 Å². The maximum Gasteiger partial charge on any atom is 0.230 e. The molecule has 0 radical (unpaired) electrons. The molecule has 0 unspecified atom stereocenters. The highest BCUT2D eigenvalue weighted by atomic mass is 16.5. The molecule has 4 atom stereocenters. The van der Waals surface area contributed by atoms with Gasteiger partial charge in [0.1, 0.15) is 5.60 Å². The molecule has 2 fully saturated rings. The zero-order valence-electron chi connectivity index (χ0n) is 17.7. The standard InChI is InChI=1S/C26H25N3O3/c30-24(28-14-17-6-2-1-3-7-17)22-21-10-12-26(32-21)16-29(25(31)23(22)26)13-11-18-15-27-20-9-5-4-8-19(18)20/h1-10,12,15,21-23,27H,11,13-14,16H2,(H,28,30)/t21-,22+,23-,26-/m1/s1. The summed E-state index contributed by atoms with van der Waals surface area (Å²) < 4.78 is 6.24. The maximum absolute atomic E-state index is 13.4. The van der Waals surface area contributed by atoms with Crippen molar-refractivity contribution in [3.63, 3.8) is 0 Å². The Hall–Kier alpha value is -3.38. The van der Waals surface area contributed by atoms with E-state index < -0.39 is 17.4 Å². The predicted molar refractivity (Wildman–Crippen MR) is 121 cm³/mol. The van der Waals surface area contributed by atoms with Gasteiger partial charge in [-0.15, -0.1) is 0 Å². The SMILES string of the molecule is O=C(NCc1ccccc1)[C@H]1[C@H]2C=C[C@]3(CN(CCc4c[nH]c5ccccc45)C(=O)[C@@H]13)O2. The summed E-state index contributed by atoms with van der Waals surface area (Å²) in [7, 11) is 0. The normalized spacial score (nSPS) is 27.9. The van der Waals surface area contributed by atoms with Crippen LogP contribution in [0.1, 0.15) is 11.1 Å². The summed E-state index contributed by atoms with van der Waals surface area (Å²) in [5.74, 6) is -1.01. The summed E-state index contributed by atoms with van der Waals surface area (Å²) in [4.78, 5) is 31.7. The number of aromatic nitrogens is 1. The topological polar surface area (TPSA) is 74.4 Å². The number of carbonyl (C=O) groups excluding carboxylic acids is 2. The number of carbonyl (C=O) groups is 2. The van der Waals surface area contributed by atoms with Gasteiger partial charge in [0.2, 0.25) is 11.8 Å². The highest BCUT2D eigenvalue weighted by Crippen LogP contribution is 2.51. The number of H-pyrrole nitrogens is 1. The van der Waals surface area contributed by atoms with E-state index in [0.717, 1.165) is 17.5 Å². The van der Waals surface area contributed by atoms with Gasteiger partial charge >= 0.3 is 0 Å². The van der Waals surface area contributed by atoms with Crippen molar-refractivity contribution >= 4 is 22.7 Å². The van der Waals surface area contributed by atoms with Crippen LogP contribution in [0.5, 0.6) is 0 Å². The van der Waals surface area contributed by atoms with Crippen molar-refractivity contribution in [2.45, 2.75) is 24.7 Å². The van der Waals surface area contributed by atoms with Crippen LogP contribution >= 0.6 is 0 Å². The average molecular weight is 428 g/mol. The monoisotopic (exact) mass is 427 g/mol. The number of nitrogens with one attached hydrogen (secondary N) is 2. The quantitative estimate of drug-likeness (QED) is 0.594. The molecule has 3 aromatic rings. The van der Waals surface area contributed by atoms with Crippen molar-refractivity contribution in [2.75, 3.05) is 13.1 Å². The lowest BCUT2D eigenvalue weighted by Crippen LogP contribution is -2.44. The highest BCUT2D eigenvalue weighted by Gasteiger charge is 2.66. The van der Waals surface area contributed by atoms with Gasteiger partial charge in [-0.3, -0.25) is 9.59 Å². The first-order valence-corrected chi connectivity index (χ1v) is 11.2. The van der Waals surface area contributed by atoms with Gasteiger partial charge in [-0.2, -0.15) is 0 Å². The summed E-state index contributed by atoms with van der Waals surface area (Å²) in [6.45, 7) is 1.57. The van der Waals surface area contributed by atoms with E-state index >= 15 is 0 Å². The van der Waals surface area contributed by atoms with E-state index in [2.05, 4.69) is 22.4 Å². The molecule has 6 rings (SSSR count). The summed E-state index contributed by atoms with van der Waals surface area (Å²) in [5, 5.41) is 4.20. The number of rotatable bonds is 6. The van der Waals surface area contributed by atoms with E-state index in [4.69, 9.17) is 4.74 Å². The van der Waals surface area contributed by atoms with Crippen LogP contribution in [0.2, 0.25) is 0 Å². The zero-order valence-corrected chi connectivity index (χ0v) is 17.7. The van der Waals surface area contributed by atoms with Crippen molar-refractivity contribution in [1.29, 1.82) is 0 Å². The van der Waals surface area contributed by atoms with Gasteiger partial charge in [0.25, 0.3) is 0 Å². The van der Waals surface area contributed by atoms with Gasteiger partial charge in [-0.25, -0.2) is 0 Å². The second-order valence-electron chi connectivity index (χ2n) is 8.97. The largest absolute Gasteiger partial charge is 0.361 e. The highest BCUT2D eigenvalue weighted by molar-refractivity contribution is 5.93. The number of benzene rings is 2. The fourth-order valence-corrected chi connectivity index (χ4v) is 5.56. The third-order valence-corrected chi connectivity index (χ3v) is 7.12. The van der Waals surface area contributed by atoms with E-state index in [1.165, 1.54) is 10.9 Å². The number of aromatic amines is 1. The van der Waals surface area contributed by atoms with Gasteiger partial charge in [0.15, 0.2) is 0 Å². The Bertz CT molecular complexity index is 1220. The fraction of sp³-hybridized carbons (Fsp3) is 0.308. The number of fused-ring (bicyclic) bond motifs is 2. The van der Waals surface area contributed by atoms with Crippen molar-refractivity contribution in [2.24, 2.45) is 11.8 Å². The van der Waals surface area contributed by atoms with E-state index in [-0.39, 0.29) is 17.9 Å². The molecule has 2 aromatic carbocycles. The molecule has 2 amide bonds. The minimum absolute atomic E-state index is 0.0246. The molecular weight excluding hydrogens is 402 g/mol. The van der Waals surface area contributed by atoms with Crippen LogP contribution in [-0.4, -0.2) is 46.5 Å². The second-order valence-corrected chi connectivity index (χ2v) is 8.97. The predicted octanol–water partition coefficient (Wildman–Crippen LogP) is 2.81. The Morgan fingerprint density at radius 1 is 1.16 bits per heavy atom. The smallest absolute Gasteiger partial charge is 0.230 e. The van der Waals surface area contributed by atoms with Crippen molar-refractivity contribution in [1.82, 2.24) is 15.2 Å². The number of para-hydroxylation sites is 1. The maximum atomic E-state index is 13.4. The molecule has 0 saturated carbocycles. The number of likely N-dealkylation sites (tertiary alicyclic amines) is 1. The molecule has 2 bridgehead atoms. The van der Waals surface area contributed by atoms with Gasteiger partial charge in [0, 0.05) is 30.2 Å². The molecule has 3 aliphatic heterocycles. The van der Waals surface area contributed by atoms with E-state index in [1.807, 2.05) is 65.7 Å². The van der Waals surface area contributed by atoms with Crippen LogP contribution in [0.25, 0.3) is 10.9 Å². The molecule has 3 aliphatic rings. The fourth-order valence-electron chi connectivity index (χ4n) is 5.56. The van der Waals surface area contributed by atoms with Crippen molar-refractivity contribution in [3.05, 3.63) is 84.1 Å². The van der Waals surface area contributed by atoms with Crippen molar-refractivity contribution in [3.8, 4) is 0 Å². The van der Waals surface area contributed by atoms with Gasteiger partial charge in [-0.1, -0.05) is 60.7 Å². The molecule has 1 aromatic heterocycles. The summed E-state index contributed by atoms with van der Waals surface area (Å²) >= 11 is 0. The number of ether oxygens (including phenoxy) is 1. The molecule has 4 heterocycles. The first kappa shape index (κ1) is 19.3. The lowest BCUT2D eigenvalue weighted by Gasteiger charge is -2.23. The molecular formula is C26H25N3O3. The number of hydrogen-bond donors (Lipinski definition) is 2. The molecule has 0 aliphatic carbocycles. The zero-order chi connectivity index (χ0) is 21.7. The Morgan fingerprint density at radius 3 is 2.84 bits per heavy atom. The molecule has 6 nitrogen and oxygen atoms in total. The summed E-state index contributed by atoms with van der Waals surface area (Å²) in [6.07, 6.45) is 6.42. The third kappa shape index (κ3) is 2.98. The second kappa shape index (κ2) is 7.35. The first-order valence-electron chi connectivity index (χ1n) is 11.2. The molecule has 32 heavy (non-hydrogen) atoms. The average Bonchev–Trinajstić information content (AvgIpc) is 3.56. The summed E-state index contributed by atoms with van der Waals surface area (Å²) in [6, 6.07) is 18.0. The third-order valence-electron chi connectivity index (χ3n) is 7.12. The van der Waals surface area contributed by atoms with E-state index in [0.29, 0.717) is 19.6 Å². The minimum Gasteiger partial charge on any atom is -0.361 e. The van der Waals surface area contributed by atoms with Gasteiger partial charge in [0.05, 0.1) is 24.5 Å². The van der Waals surface area contributed by atoms with Gasteiger partial charge in [-0.05, 0) is 23.6 Å². The van der Waals surface area contributed by atoms with Crippen LogP contribution in [-0.2, 0) is 27.3 Å². The van der Waals surface area contributed by atoms with Crippen LogP contribution in [0.15, 0.2) is 72.9 Å². The molecule has 162 valence electrons. The van der Waals surface area contributed by atoms with Gasteiger partial charge < -0.3 is 19.9 Å². The van der Waals surface area contributed by atoms with Crippen molar-refractivity contribution < 1.29 is 14.3 Å². The number of hydrogen-bond acceptors (Lipinski definition) is 3. The lowest BCUT2D eigenvalue weighted by atomic mass is 9.77. The van der Waals surface area contributed by atoms with E-state index in [1.54, 1.807) is 0 Å². The molecule has 2 saturated heterocycles. The minimum atomic E-state index is -0.670. The Morgan fingerprint density at radius 2 is 1.97 bits per heavy atom. The van der Waals surface area contributed by atoms with Crippen LogP contribution < -0.4 is 5.32 Å². The molecule has 6 heteroatoms. The van der Waals surface area contributed by atoms with Crippen LogP contribution in [0.3, 0.4) is 0 Å². The molecule has 2 N–H and O–H groups in total. The first-order chi connectivity index (χ1) is 15.6. The number of nitrogens with zero attached hydrogens (tertiary/aromatic N) is 1. The molecule has 1 spiro atoms. The van der Waals surface area contributed by atoms with Crippen LogP contribution in [0, 0.1) is 11.8 Å². The summed E-state index contributed by atoms with van der Waals surface area (Å²) in [5.41, 5.74) is 2.66. The Balaban J connectivity index is 1.17. The number of amides is 2.